The van der Waals surface area contributed by atoms with E-state index in [1.807, 2.05) is 31.2 Å². The minimum Gasteiger partial charge on any atom is -0.494 e. The number of hydrogen-bond donors (Lipinski definition) is 0. The third kappa shape index (κ3) is 10.0. The first-order valence-corrected chi connectivity index (χ1v) is 11.6. The van der Waals surface area contributed by atoms with Gasteiger partial charge in [0.1, 0.15) is 17.8 Å². The van der Waals surface area contributed by atoms with Crippen molar-refractivity contribution in [3.8, 4) is 11.5 Å². The molecule has 2 rings (SSSR count). The lowest BCUT2D eigenvalue weighted by Crippen LogP contribution is -2.08. The zero-order chi connectivity index (χ0) is 23.0. The Labute approximate surface area is 192 Å². The monoisotopic (exact) mass is 440 g/mol. The molecule has 0 radical (unpaired) electrons. The first kappa shape index (κ1) is 25.5. The van der Waals surface area contributed by atoms with Gasteiger partial charge in [0, 0.05) is 0 Å². The molecule has 0 saturated heterocycles. The average Bonchev–Trinajstić information content (AvgIpc) is 2.81. The van der Waals surface area contributed by atoms with Crippen molar-refractivity contribution in [2.24, 2.45) is 5.92 Å². The van der Waals surface area contributed by atoms with E-state index < -0.39 is 0 Å². The van der Waals surface area contributed by atoms with Crippen molar-refractivity contribution in [2.45, 2.75) is 59.3 Å². The van der Waals surface area contributed by atoms with Gasteiger partial charge in [-0.2, -0.15) is 4.89 Å². The number of esters is 1. The highest BCUT2D eigenvalue weighted by Crippen LogP contribution is 2.19. The lowest BCUT2D eigenvalue weighted by molar-refractivity contribution is -0.249. The number of carbonyl (C=O) groups is 1. The second-order valence-corrected chi connectivity index (χ2v) is 7.93. The van der Waals surface area contributed by atoms with Crippen LogP contribution in [0.2, 0.25) is 0 Å². The Bertz CT molecular complexity index is 796. The van der Waals surface area contributed by atoms with Crippen molar-refractivity contribution in [1.29, 1.82) is 0 Å². The molecule has 32 heavy (non-hydrogen) atoms. The SMILES string of the molecule is CC=COOCCCCCCOc1ccc(C(=O)Oc2ccc(CC(C)CC)cc2)cc1. The highest BCUT2D eigenvalue weighted by molar-refractivity contribution is 5.91. The molecule has 0 aliphatic carbocycles. The molecule has 174 valence electrons. The first-order valence-electron chi connectivity index (χ1n) is 11.6. The van der Waals surface area contributed by atoms with Gasteiger partial charge in [-0.05, 0) is 86.6 Å². The molecular weight excluding hydrogens is 404 g/mol. The zero-order valence-electron chi connectivity index (χ0n) is 19.5. The number of hydrogen-bond acceptors (Lipinski definition) is 5. The molecule has 0 bridgehead atoms. The van der Waals surface area contributed by atoms with E-state index in [4.69, 9.17) is 19.2 Å². The van der Waals surface area contributed by atoms with Gasteiger partial charge in [-0.15, -0.1) is 0 Å². The third-order valence-corrected chi connectivity index (χ3v) is 5.16. The van der Waals surface area contributed by atoms with Crippen LogP contribution in [-0.4, -0.2) is 19.2 Å². The molecule has 0 spiro atoms. The van der Waals surface area contributed by atoms with Gasteiger partial charge < -0.3 is 14.4 Å². The topological polar surface area (TPSA) is 54.0 Å². The summed E-state index contributed by atoms with van der Waals surface area (Å²) in [6.07, 6.45) is 9.53. The first-order chi connectivity index (χ1) is 15.6. The van der Waals surface area contributed by atoms with Crippen LogP contribution in [0.4, 0.5) is 0 Å². The quantitative estimate of drug-likeness (QED) is 0.0752. The molecular formula is C27H36O5. The Morgan fingerprint density at radius 2 is 1.56 bits per heavy atom. The van der Waals surface area contributed by atoms with E-state index in [1.165, 1.54) is 11.8 Å². The van der Waals surface area contributed by atoms with Crippen LogP contribution in [0, 0.1) is 5.92 Å². The largest absolute Gasteiger partial charge is 0.494 e. The van der Waals surface area contributed by atoms with E-state index in [0.29, 0.717) is 30.4 Å². The fourth-order valence-electron chi connectivity index (χ4n) is 3.04. The molecule has 0 aliphatic heterocycles. The predicted molar refractivity (Wildman–Crippen MR) is 127 cm³/mol. The summed E-state index contributed by atoms with van der Waals surface area (Å²) in [6.45, 7) is 7.53. The van der Waals surface area contributed by atoms with Crippen LogP contribution in [0.15, 0.2) is 60.9 Å². The second kappa shape index (κ2) is 15.1. The van der Waals surface area contributed by atoms with Crippen molar-refractivity contribution in [2.75, 3.05) is 13.2 Å². The van der Waals surface area contributed by atoms with E-state index in [2.05, 4.69) is 13.8 Å². The summed E-state index contributed by atoms with van der Waals surface area (Å²) in [6, 6.07) is 14.8. The standard InChI is InChI=1S/C27H36O5/c1-4-18-30-31-20-9-7-6-8-19-29-25-16-12-24(13-17-25)27(28)32-26-14-10-23(11-15-26)21-22(3)5-2/h4,10-18,22H,5-9,19-21H2,1-3H3. The lowest BCUT2D eigenvalue weighted by Gasteiger charge is -2.10. The summed E-state index contributed by atoms with van der Waals surface area (Å²) in [7, 11) is 0. The van der Waals surface area contributed by atoms with Gasteiger partial charge in [-0.25, -0.2) is 4.79 Å². The van der Waals surface area contributed by atoms with Gasteiger partial charge in [0.2, 0.25) is 0 Å². The summed E-state index contributed by atoms with van der Waals surface area (Å²) in [5.74, 6) is 1.58. The summed E-state index contributed by atoms with van der Waals surface area (Å²) < 4.78 is 11.2. The maximum absolute atomic E-state index is 12.4. The van der Waals surface area contributed by atoms with Gasteiger partial charge in [0.25, 0.3) is 0 Å². The molecule has 0 saturated carbocycles. The number of allylic oxidation sites excluding steroid dienone is 1. The van der Waals surface area contributed by atoms with Gasteiger partial charge in [0.05, 0.1) is 18.8 Å². The minimum atomic E-state index is -0.369. The van der Waals surface area contributed by atoms with Crippen molar-refractivity contribution < 1.29 is 24.0 Å². The van der Waals surface area contributed by atoms with E-state index in [-0.39, 0.29) is 5.97 Å². The van der Waals surface area contributed by atoms with Crippen LogP contribution in [0.1, 0.15) is 68.8 Å². The van der Waals surface area contributed by atoms with E-state index in [1.54, 1.807) is 30.3 Å². The molecule has 0 aromatic heterocycles. The highest BCUT2D eigenvalue weighted by atomic mass is 17.2. The van der Waals surface area contributed by atoms with Crippen molar-refractivity contribution >= 4 is 5.97 Å². The average molecular weight is 441 g/mol. The Kier molecular flexibility index (Phi) is 12.0. The number of benzene rings is 2. The summed E-state index contributed by atoms with van der Waals surface area (Å²) in [5.41, 5.74) is 1.76. The normalized spacial score (nSPS) is 12.0. The molecule has 0 fully saturated rings. The molecule has 2 aromatic rings. The smallest absolute Gasteiger partial charge is 0.343 e. The zero-order valence-corrected chi connectivity index (χ0v) is 19.5. The predicted octanol–water partition coefficient (Wildman–Crippen LogP) is 6.92. The van der Waals surface area contributed by atoms with Gasteiger partial charge in [0.15, 0.2) is 0 Å². The lowest BCUT2D eigenvalue weighted by atomic mass is 9.99. The Balaban J connectivity index is 1.65. The van der Waals surface area contributed by atoms with Crippen LogP contribution in [-0.2, 0) is 16.2 Å². The van der Waals surface area contributed by atoms with Gasteiger partial charge >= 0.3 is 5.97 Å². The Morgan fingerprint density at radius 3 is 2.22 bits per heavy atom. The molecule has 0 amide bonds. The molecule has 5 nitrogen and oxygen atoms in total. The summed E-state index contributed by atoms with van der Waals surface area (Å²) >= 11 is 0. The summed E-state index contributed by atoms with van der Waals surface area (Å²) in [4.78, 5) is 22.2. The third-order valence-electron chi connectivity index (χ3n) is 5.16. The van der Waals surface area contributed by atoms with Gasteiger partial charge in [-0.1, -0.05) is 38.8 Å². The Hall–Kier alpha value is -2.79. The van der Waals surface area contributed by atoms with Crippen LogP contribution in [0.5, 0.6) is 11.5 Å². The van der Waals surface area contributed by atoms with E-state index in [0.717, 1.165) is 44.3 Å². The molecule has 2 aromatic carbocycles. The van der Waals surface area contributed by atoms with Crippen LogP contribution >= 0.6 is 0 Å². The molecule has 5 heteroatoms. The van der Waals surface area contributed by atoms with Crippen molar-refractivity contribution in [3.05, 3.63) is 72.0 Å². The van der Waals surface area contributed by atoms with Crippen molar-refractivity contribution in [1.82, 2.24) is 0 Å². The molecule has 0 heterocycles. The second-order valence-electron chi connectivity index (χ2n) is 7.93. The molecule has 0 N–H and O–H groups in total. The number of ether oxygens (including phenoxy) is 2. The van der Waals surface area contributed by atoms with Crippen molar-refractivity contribution in [3.63, 3.8) is 0 Å². The molecule has 1 atom stereocenters. The fraction of sp³-hybridized carbons (Fsp3) is 0.444. The number of unbranched alkanes of at least 4 members (excludes halogenated alkanes) is 3. The maximum Gasteiger partial charge on any atom is 0.343 e. The maximum atomic E-state index is 12.4. The van der Waals surface area contributed by atoms with Crippen LogP contribution < -0.4 is 9.47 Å². The molecule has 1 unspecified atom stereocenters. The Morgan fingerprint density at radius 1 is 0.906 bits per heavy atom. The highest BCUT2D eigenvalue weighted by Gasteiger charge is 2.09. The van der Waals surface area contributed by atoms with Crippen LogP contribution in [0.3, 0.4) is 0 Å². The fourth-order valence-corrected chi connectivity index (χ4v) is 3.04. The van der Waals surface area contributed by atoms with Gasteiger partial charge in [-0.3, -0.25) is 0 Å². The number of carbonyl (C=O) groups excluding carboxylic acids is 1. The van der Waals surface area contributed by atoms with E-state index in [9.17, 15) is 4.79 Å². The minimum absolute atomic E-state index is 0.369. The summed E-state index contributed by atoms with van der Waals surface area (Å²) in [5, 5.41) is 0. The van der Waals surface area contributed by atoms with Crippen LogP contribution in [0.25, 0.3) is 0 Å². The molecule has 0 aliphatic rings. The van der Waals surface area contributed by atoms with E-state index >= 15 is 0 Å². The number of rotatable bonds is 15.